The van der Waals surface area contributed by atoms with E-state index in [2.05, 4.69) is 10.1 Å². The van der Waals surface area contributed by atoms with Crippen LogP contribution in [0.4, 0.5) is 11.4 Å². The van der Waals surface area contributed by atoms with Crippen LogP contribution < -0.4 is 11.1 Å². The molecule has 1 amide bonds. The van der Waals surface area contributed by atoms with Crippen molar-refractivity contribution in [2.75, 3.05) is 18.2 Å². The van der Waals surface area contributed by atoms with Crippen molar-refractivity contribution < 1.29 is 14.3 Å². The summed E-state index contributed by atoms with van der Waals surface area (Å²) in [6.07, 6.45) is 0.156. The second-order valence-corrected chi connectivity index (χ2v) is 4.99. The number of para-hydroxylation sites is 1. The Labute approximate surface area is 120 Å². The zero-order chi connectivity index (χ0) is 14.5. The quantitative estimate of drug-likeness (QED) is 0.668. The van der Waals surface area contributed by atoms with Gasteiger partial charge in [-0.1, -0.05) is 18.2 Å². The van der Waals surface area contributed by atoms with Crippen LogP contribution >= 0.6 is 11.3 Å². The molecule has 3 N–H and O–H groups in total. The number of nitrogen functional groups attached to an aromatic ring is 1. The Kier molecular flexibility index (Phi) is 4.37. The van der Waals surface area contributed by atoms with Crippen molar-refractivity contribution in [2.45, 2.75) is 6.42 Å². The van der Waals surface area contributed by atoms with Gasteiger partial charge in [-0.05, 0) is 23.1 Å². The van der Waals surface area contributed by atoms with E-state index in [1.165, 1.54) is 18.4 Å². The van der Waals surface area contributed by atoms with E-state index in [4.69, 9.17) is 5.73 Å². The van der Waals surface area contributed by atoms with E-state index in [9.17, 15) is 9.59 Å². The lowest BCUT2D eigenvalue weighted by Crippen LogP contribution is -2.16. The first kappa shape index (κ1) is 14.1. The molecule has 5 nitrogen and oxygen atoms in total. The Morgan fingerprint density at radius 1 is 1.30 bits per heavy atom. The molecule has 0 bridgehead atoms. The monoisotopic (exact) mass is 290 g/mol. The molecule has 1 aromatic carbocycles. The summed E-state index contributed by atoms with van der Waals surface area (Å²) in [5, 5.41) is 4.42. The van der Waals surface area contributed by atoms with Crippen molar-refractivity contribution >= 4 is 34.6 Å². The molecular formula is C14H14N2O3S. The summed E-state index contributed by atoms with van der Waals surface area (Å²) in [6.45, 7) is 0. The highest BCUT2D eigenvalue weighted by atomic mass is 32.1. The first-order chi connectivity index (χ1) is 9.61. The standard InChI is InChI=1S/C14H14N2O3S/c1-19-14(18)13-11(6-7-20-13)16-12(17)8-9-4-2-3-5-10(9)15/h2-7H,8,15H2,1H3,(H,16,17). The van der Waals surface area contributed by atoms with E-state index in [1.807, 2.05) is 12.1 Å². The van der Waals surface area contributed by atoms with E-state index in [0.717, 1.165) is 5.56 Å². The van der Waals surface area contributed by atoms with Crippen molar-refractivity contribution in [2.24, 2.45) is 0 Å². The third-order valence-electron chi connectivity index (χ3n) is 2.72. The van der Waals surface area contributed by atoms with E-state index in [1.54, 1.807) is 23.6 Å². The highest BCUT2D eigenvalue weighted by molar-refractivity contribution is 7.12. The smallest absolute Gasteiger partial charge is 0.350 e. The minimum absolute atomic E-state index is 0.156. The van der Waals surface area contributed by atoms with Crippen LogP contribution in [-0.2, 0) is 16.0 Å². The lowest BCUT2D eigenvalue weighted by Gasteiger charge is -2.07. The number of hydrogen-bond acceptors (Lipinski definition) is 5. The predicted octanol–water partition coefficient (Wildman–Crippen LogP) is 2.30. The molecule has 20 heavy (non-hydrogen) atoms. The molecule has 2 rings (SSSR count). The number of methoxy groups -OCH3 is 1. The molecule has 0 aliphatic rings. The molecule has 2 aromatic rings. The summed E-state index contributed by atoms with van der Waals surface area (Å²) in [5.74, 6) is -0.694. The second-order valence-electron chi connectivity index (χ2n) is 4.08. The van der Waals surface area contributed by atoms with E-state index < -0.39 is 5.97 Å². The van der Waals surface area contributed by atoms with Crippen LogP contribution in [0.25, 0.3) is 0 Å². The van der Waals surface area contributed by atoms with Crippen molar-refractivity contribution in [1.29, 1.82) is 0 Å². The fraction of sp³-hybridized carbons (Fsp3) is 0.143. The van der Waals surface area contributed by atoms with Gasteiger partial charge in [0, 0.05) is 5.69 Å². The summed E-state index contributed by atoms with van der Waals surface area (Å²) >= 11 is 1.22. The lowest BCUT2D eigenvalue weighted by atomic mass is 10.1. The molecule has 0 fully saturated rings. The molecule has 0 atom stereocenters. The van der Waals surface area contributed by atoms with Crippen LogP contribution in [0.5, 0.6) is 0 Å². The van der Waals surface area contributed by atoms with Crippen LogP contribution in [0.3, 0.4) is 0 Å². The molecule has 6 heteroatoms. The number of benzene rings is 1. The maximum atomic E-state index is 12.0. The van der Waals surface area contributed by atoms with Crippen LogP contribution in [0.2, 0.25) is 0 Å². The number of nitrogens with one attached hydrogen (secondary N) is 1. The van der Waals surface area contributed by atoms with Crippen molar-refractivity contribution in [1.82, 2.24) is 0 Å². The van der Waals surface area contributed by atoms with Crippen LogP contribution in [0.1, 0.15) is 15.2 Å². The van der Waals surface area contributed by atoms with Crippen LogP contribution in [-0.4, -0.2) is 19.0 Å². The van der Waals surface area contributed by atoms with Gasteiger partial charge in [-0.2, -0.15) is 0 Å². The van der Waals surface area contributed by atoms with Gasteiger partial charge < -0.3 is 15.8 Å². The van der Waals surface area contributed by atoms with Gasteiger partial charge in [0.05, 0.1) is 19.2 Å². The minimum atomic E-state index is -0.463. The number of rotatable bonds is 4. The number of hydrogen-bond donors (Lipinski definition) is 2. The van der Waals surface area contributed by atoms with Gasteiger partial charge in [-0.25, -0.2) is 4.79 Å². The zero-order valence-electron chi connectivity index (χ0n) is 10.9. The van der Waals surface area contributed by atoms with Crippen LogP contribution in [0.15, 0.2) is 35.7 Å². The Bertz CT molecular complexity index is 637. The fourth-order valence-corrected chi connectivity index (χ4v) is 2.49. The topological polar surface area (TPSA) is 81.4 Å². The van der Waals surface area contributed by atoms with Crippen molar-refractivity contribution in [3.8, 4) is 0 Å². The Morgan fingerprint density at radius 2 is 2.05 bits per heavy atom. The molecule has 0 saturated carbocycles. The number of thiophene rings is 1. The van der Waals surface area contributed by atoms with Crippen molar-refractivity contribution in [3.63, 3.8) is 0 Å². The maximum absolute atomic E-state index is 12.0. The molecule has 0 aliphatic heterocycles. The van der Waals surface area contributed by atoms with Gasteiger partial charge in [-0.15, -0.1) is 11.3 Å². The first-order valence-corrected chi connectivity index (χ1v) is 6.79. The van der Waals surface area contributed by atoms with Crippen molar-refractivity contribution in [3.05, 3.63) is 46.2 Å². The zero-order valence-corrected chi connectivity index (χ0v) is 11.7. The molecule has 0 saturated heterocycles. The van der Waals surface area contributed by atoms with Gasteiger partial charge in [0.1, 0.15) is 4.88 Å². The highest BCUT2D eigenvalue weighted by Crippen LogP contribution is 2.23. The number of carbonyl (C=O) groups is 2. The van der Waals surface area contributed by atoms with Gasteiger partial charge in [0.25, 0.3) is 0 Å². The molecule has 0 unspecified atom stereocenters. The van der Waals surface area contributed by atoms with Gasteiger partial charge in [-0.3, -0.25) is 4.79 Å². The lowest BCUT2D eigenvalue weighted by molar-refractivity contribution is -0.115. The van der Waals surface area contributed by atoms with Gasteiger partial charge in [0.2, 0.25) is 5.91 Å². The summed E-state index contributed by atoms with van der Waals surface area (Å²) in [4.78, 5) is 23.9. The molecule has 104 valence electrons. The number of ether oxygens (including phenoxy) is 1. The average molecular weight is 290 g/mol. The third-order valence-corrected chi connectivity index (χ3v) is 3.61. The molecule has 0 aliphatic carbocycles. The number of anilines is 2. The largest absolute Gasteiger partial charge is 0.465 e. The van der Waals surface area contributed by atoms with Gasteiger partial charge in [0.15, 0.2) is 0 Å². The maximum Gasteiger partial charge on any atom is 0.350 e. The second kappa shape index (κ2) is 6.21. The number of carbonyl (C=O) groups excluding carboxylic acids is 2. The molecular weight excluding hydrogens is 276 g/mol. The summed E-state index contributed by atoms with van der Waals surface area (Å²) in [5.41, 5.74) is 7.57. The molecule has 0 radical (unpaired) electrons. The Balaban J connectivity index is 2.08. The van der Waals surface area contributed by atoms with E-state index >= 15 is 0 Å². The summed E-state index contributed by atoms with van der Waals surface area (Å²) < 4.78 is 4.65. The molecule has 1 heterocycles. The number of amides is 1. The number of esters is 1. The Morgan fingerprint density at radius 3 is 2.75 bits per heavy atom. The average Bonchev–Trinajstić information content (AvgIpc) is 2.88. The van der Waals surface area contributed by atoms with E-state index in [-0.39, 0.29) is 12.3 Å². The van der Waals surface area contributed by atoms with Gasteiger partial charge >= 0.3 is 5.97 Å². The third kappa shape index (κ3) is 3.16. The minimum Gasteiger partial charge on any atom is -0.465 e. The Hall–Kier alpha value is -2.34. The van der Waals surface area contributed by atoms with Crippen LogP contribution in [0, 0.1) is 0 Å². The number of nitrogens with two attached hydrogens (primary N) is 1. The normalized spacial score (nSPS) is 10.1. The SMILES string of the molecule is COC(=O)c1sccc1NC(=O)Cc1ccccc1N. The molecule has 1 aromatic heterocycles. The highest BCUT2D eigenvalue weighted by Gasteiger charge is 2.16. The first-order valence-electron chi connectivity index (χ1n) is 5.91. The predicted molar refractivity (Wildman–Crippen MR) is 78.8 cm³/mol. The summed E-state index contributed by atoms with van der Waals surface area (Å²) in [6, 6.07) is 8.84. The summed E-state index contributed by atoms with van der Waals surface area (Å²) in [7, 11) is 1.30. The fourth-order valence-electron chi connectivity index (χ4n) is 1.72. The van der Waals surface area contributed by atoms with E-state index in [0.29, 0.717) is 16.3 Å². The molecule has 0 spiro atoms.